The van der Waals surface area contributed by atoms with Crippen molar-refractivity contribution in [2.24, 2.45) is 0 Å². The summed E-state index contributed by atoms with van der Waals surface area (Å²) in [4.78, 5) is 41.1. The number of carbonyl (C=O) groups is 3. The number of hydrogen-bond acceptors (Lipinski definition) is 4. The Hall–Kier alpha value is -3.15. The van der Waals surface area contributed by atoms with Crippen LogP contribution in [0.3, 0.4) is 0 Å². The number of fused-ring (bicyclic) bond motifs is 1. The van der Waals surface area contributed by atoms with Gasteiger partial charge in [-0.05, 0) is 37.0 Å². The maximum atomic E-state index is 13.6. The number of rotatable bonds is 5. The molecule has 4 rings (SSSR count). The van der Waals surface area contributed by atoms with Gasteiger partial charge in [-0.25, -0.2) is 4.79 Å². The Morgan fingerprint density at radius 3 is 2.42 bits per heavy atom. The Kier molecular flexibility index (Phi) is 5.81. The van der Waals surface area contributed by atoms with Crippen molar-refractivity contribution in [3.05, 3.63) is 71.3 Å². The van der Waals surface area contributed by atoms with Gasteiger partial charge in [0, 0.05) is 12.1 Å². The van der Waals surface area contributed by atoms with Gasteiger partial charge < -0.3 is 15.0 Å². The Labute approximate surface area is 182 Å². The minimum atomic E-state index is -0.761. The molecule has 1 saturated carbocycles. The topological polar surface area (TPSA) is 75.7 Å². The van der Waals surface area contributed by atoms with Gasteiger partial charge in [-0.3, -0.25) is 9.59 Å². The van der Waals surface area contributed by atoms with Crippen molar-refractivity contribution >= 4 is 17.8 Å². The van der Waals surface area contributed by atoms with E-state index in [9.17, 15) is 14.4 Å². The predicted octanol–water partition coefficient (Wildman–Crippen LogP) is 3.42. The molecule has 0 aromatic heterocycles. The zero-order valence-corrected chi connectivity index (χ0v) is 18.0. The normalized spacial score (nSPS) is 20.3. The molecule has 6 nitrogen and oxygen atoms in total. The van der Waals surface area contributed by atoms with Crippen LogP contribution in [0.25, 0.3) is 0 Å². The van der Waals surface area contributed by atoms with E-state index in [-0.39, 0.29) is 11.8 Å². The maximum Gasteiger partial charge on any atom is 0.328 e. The molecule has 31 heavy (non-hydrogen) atoms. The van der Waals surface area contributed by atoms with Crippen molar-refractivity contribution in [3.8, 4) is 0 Å². The Balaban J connectivity index is 1.79. The lowest BCUT2D eigenvalue weighted by atomic mass is 9.70. The minimum Gasteiger partial charge on any atom is -0.467 e. The van der Waals surface area contributed by atoms with Crippen molar-refractivity contribution in [1.29, 1.82) is 0 Å². The lowest BCUT2D eigenvalue weighted by Crippen LogP contribution is -2.61. The fourth-order valence-corrected chi connectivity index (χ4v) is 5.20. The van der Waals surface area contributed by atoms with Crippen LogP contribution in [-0.2, 0) is 20.9 Å². The van der Waals surface area contributed by atoms with Crippen LogP contribution in [0.15, 0.2) is 54.6 Å². The summed E-state index contributed by atoms with van der Waals surface area (Å²) in [5.74, 6) is -1.31. The molecule has 1 heterocycles. The van der Waals surface area contributed by atoms with Crippen LogP contribution in [0.4, 0.5) is 0 Å². The molecule has 1 spiro atoms. The molecule has 0 bridgehead atoms. The third-order valence-electron chi connectivity index (χ3n) is 6.65. The third-order valence-corrected chi connectivity index (χ3v) is 6.65. The second-order valence-corrected chi connectivity index (χ2v) is 8.46. The molecule has 2 atom stereocenters. The molecule has 0 radical (unpaired) electrons. The fraction of sp³-hybridized carbons (Fsp3) is 0.400. The van der Waals surface area contributed by atoms with Gasteiger partial charge in [0.15, 0.2) is 0 Å². The number of methoxy groups -OCH3 is 1. The molecule has 0 unspecified atom stereocenters. The summed E-state index contributed by atoms with van der Waals surface area (Å²) in [7, 11) is 1.31. The van der Waals surface area contributed by atoms with Crippen LogP contribution in [0.5, 0.6) is 0 Å². The average molecular weight is 421 g/mol. The van der Waals surface area contributed by atoms with Crippen LogP contribution in [0.1, 0.15) is 60.0 Å². The summed E-state index contributed by atoms with van der Waals surface area (Å²) in [6.45, 7) is 2.07. The lowest BCUT2D eigenvalue weighted by molar-refractivity contribution is -0.145. The summed E-state index contributed by atoms with van der Waals surface area (Å²) in [5.41, 5.74) is 1.72. The van der Waals surface area contributed by atoms with Gasteiger partial charge in [0.1, 0.15) is 6.04 Å². The summed E-state index contributed by atoms with van der Waals surface area (Å²) in [6.07, 6.45) is 3.42. The molecule has 1 N–H and O–H groups in total. The lowest BCUT2D eigenvalue weighted by Gasteiger charge is -2.50. The summed E-state index contributed by atoms with van der Waals surface area (Å²) in [5, 5.41) is 2.84. The van der Waals surface area contributed by atoms with Gasteiger partial charge in [0.25, 0.3) is 5.91 Å². The number of esters is 1. The molecule has 1 fully saturated rings. The smallest absolute Gasteiger partial charge is 0.328 e. The van der Waals surface area contributed by atoms with E-state index in [0.29, 0.717) is 12.1 Å². The van der Waals surface area contributed by atoms with Gasteiger partial charge in [0.05, 0.1) is 18.6 Å². The Morgan fingerprint density at radius 2 is 1.74 bits per heavy atom. The molecule has 2 amide bonds. The van der Waals surface area contributed by atoms with Gasteiger partial charge >= 0.3 is 5.97 Å². The van der Waals surface area contributed by atoms with Crippen molar-refractivity contribution in [1.82, 2.24) is 10.2 Å². The van der Waals surface area contributed by atoms with Gasteiger partial charge in [-0.1, -0.05) is 61.4 Å². The highest BCUT2D eigenvalue weighted by atomic mass is 16.5. The highest BCUT2D eigenvalue weighted by Crippen LogP contribution is 2.50. The van der Waals surface area contributed by atoms with Crippen molar-refractivity contribution in [3.63, 3.8) is 0 Å². The first-order valence-corrected chi connectivity index (χ1v) is 10.8. The number of hydrogen-bond donors (Lipinski definition) is 1. The largest absolute Gasteiger partial charge is 0.467 e. The molecule has 2 aromatic carbocycles. The number of carbonyl (C=O) groups excluding carboxylic acids is 3. The van der Waals surface area contributed by atoms with E-state index < -0.39 is 23.5 Å². The quantitative estimate of drug-likeness (QED) is 0.752. The third kappa shape index (κ3) is 3.71. The van der Waals surface area contributed by atoms with Crippen LogP contribution in [-0.4, -0.2) is 41.4 Å². The zero-order chi connectivity index (χ0) is 22.0. The van der Waals surface area contributed by atoms with E-state index in [4.69, 9.17) is 4.74 Å². The molecule has 6 heteroatoms. The zero-order valence-electron chi connectivity index (χ0n) is 18.0. The van der Waals surface area contributed by atoms with E-state index in [1.54, 1.807) is 13.0 Å². The van der Waals surface area contributed by atoms with E-state index in [2.05, 4.69) is 5.32 Å². The first-order valence-electron chi connectivity index (χ1n) is 10.8. The Morgan fingerprint density at radius 1 is 1.10 bits per heavy atom. The van der Waals surface area contributed by atoms with E-state index in [1.807, 2.05) is 53.4 Å². The molecule has 2 aliphatic rings. The number of benzene rings is 2. The van der Waals surface area contributed by atoms with Crippen LogP contribution >= 0.6 is 0 Å². The Bertz CT molecular complexity index is 982. The maximum absolute atomic E-state index is 13.6. The monoisotopic (exact) mass is 420 g/mol. The highest BCUT2D eigenvalue weighted by molar-refractivity contribution is 6.02. The van der Waals surface area contributed by atoms with Gasteiger partial charge in [-0.2, -0.15) is 0 Å². The molecule has 0 saturated heterocycles. The standard InChI is InChI=1S/C25H28N2O4/c1-17(24(30)31-2)26-22(28)21-19-12-6-7-13-20(19)23(29)27(25(21)14-8-9-15-25)16-18-10-4-3-5-11-18/h3-7,10-13,17,21H,8-9,14-16H2,1-2H3,(H,26,28)/t17-,21+/m1/s1. The molecular weight excluding hydrogens is 392 g/mol. The molecule has 162 valence electrons. The SMILES string of the molecule is COC(=O)[C@@H](C)NC(=O)[C@@H]1c2ccccc2C(=O)N(Cc2ccccc2)C12CCCC2. The van der Waals surface area contributed by atoms with E-state index in [0.717, 1.165) is 36.8 Å². The van der Waals surface area contributed by atoms with Gasteiger partial charge in [-0.15, -0.1) is 0 Å². The fourth-order valence-electron chi connectivity index (χ4n) is 5.20. The number of ether oxygens (including phenoxy) is 1. The predicted molar refractivity (Wildman–Crippen MR) is 116 cm³/mol. The summed E-state index contributed by atoms with van der Waals surface area (Å²) < 4.78 is 4.79. The second kappa shape index (κ2) is 8.53. The summed E-state index contributed by atoms with van der Waals surface area (Å²) >= 11 is 0. The van der Waals surface area contributed by atoms with E-state index >= 15 is 0 Å². The first kappa shape index (κ1) is 21.1. The second-order valence-electron chi connectivity index (χ2n) is 8.46. The van der Waals surface area contributed by atoms with Crippen LogP contribution < -0.4 is 5.32 Å². The molecule has 1 aliphatic heterocycles. The van der Waals surface area contributed by atoms with Crippen LogP contribution in [0, 0.1) is 0 Å². The van der Waals surface area contributed by atoms with Gasteiger partial charge in [0.2, 0.25) is 5.91 Å². The van der Waals surface area contributed by atoms with Crippen LogP contribution in [0.2, 0.25) is 0 Å². The molecule has 1 aliphatic carbocycles. The van der Waals surface area contributed by atoms with E-state index in [1.165, 1.54) is 7.11 Å². The minimum absolute atomic E-state index is 0.0357. The number of nitrogens with zero attached hydrogens (tertiary/aromatic N) is 1. The number of amides is 2. The molecular formula is C25H28N2O4. The highest BCUT2D eigenvalue weighted by Gasteiger charge is 2.55. The molecule has 2 aromatic rings. The summed E-state index contributed by atoms with van der Waals surface area (Å²) in [6, 6.07) is 16.5. The van der Waals surface area contributed by atoms with Crippen molar-refractivity contribution < 1.29 is 19.1 Å². The number of nitrogens with one attached hydrogen (secondary N) is 1. The average Bonchev–Trinajstić information content (AvgIpc) is 3.26. The van der Waals surface area contributed by atoms with Crippen molar-refractivity contribution in [2.75, 3.05) is 7.11 Å². The van der Waals surface area contributed by atoms with Crippen molar-refractivity contribution in [2.45, 2.75) is 56.7 Å². The first-order chi connectivity index (χ1) is 15.0.